The number of nitrogens with zero attached hydrogens (tertiary/aromatic N) is 1. The summed E-state index contributed by atoms with van der Waals surface area (Å²) in [4.78, 5) is 13.6. The third-order valence-electron chi connectivity index (χ3n) is 5.81. The normalized spacial score (nSPS) is 14.2. The minimum absolute atomic E-state index is 0.172. The first-order chi connectivity index (χ1) is 14.1. The van der Waals surface area contributed by atoms with Crippen LogP contribution in [-0.2, 0) is 4.79 Å². The Labute approximate surface area is 181 Å². The SMILES string of the molecule is CCCC/C=C/CCC(CC)CN(CC(=O)O)CC(CC)CC/C=C/CCCC. The molecule has 3 nitrogen and oxygen atoms in total. The van der Waals surface area contributed by atoms with E-state index >= 15 is 0 Å². The topological polar surface area (TPSA) is 40.5 Å². The minimum Gasteiger partial charge on any atom is -0.480 e. The fourth-order valence-corrected chi connectivity index (χ4v) is 3.75. The molecule has 0 aromatic carbocycles. The Balaban J connectivity index is 4.51. The number of rotatable bonds is 20. The third-order valence-corrected chi connectivity index (χ3v) is 5.81. The van der Waals surface area contributed by atoms with Crippen LogP contribution in [-0.4, -0.2) is 35.6 Å². The quantitative estimate of drug-likeness (QED) is 0.168. The van der Waals surface area contributed by atoms with Gasteiger partial charge in [-0.15, -0.1) is 0 Å². The second-order valence-electron chi connectivity index (χ2n) is 8.52. The minimum atomic E-state index is -0.700. The molecule has 0 aromatic heterocycles. The van der Waals surface area contributed by atoms with Gasteiger partial charge in [-0.05, 0) is 50.4 Å². The number of carbonyl (C=O) groups is 1. The summed E-state index contributed by atoms with van der Waals surface area (Å²) >= 11 is 0. The van der Waals surface area contributed by atoms with E-state index < -0.39 is 5.97 Å². The van der Waals surface area contributed by atoms with Crippen LogP contribution in [0, 0.1) is 11.8 Å². The van der Waals surface area contributed by atoms with Crippen LogP contribution in [0.15, 0.2) is 24.3 Å². The van der Waals surface area contributed by atoms with Crippen molar-refractivity contribution in [2.75, 3.05) is 19.6 Å². The van der Waals surface area contributed by atoms with Gasteiger partial charge in [0, 0.05) is 13.1 Å². The standard InChI is InChI=1S/C26H49NO2/c1-5-9-11-13-15-17-19-24(7-3)21-27(23-26(28)29)22-25(8-4)20-18-16-14-12-10-6-2/h13-16,24-25H,5-12,17-23H2,1-4H3,(H,28,29)/b15-13+,16-14+. The van der Waals surface area contributed by atoms with Crippen LogP contribution in [0.4, 0.5) is 0 Å². The van der Waals surface area contributed by atoms with Crippen molar-refractivity contribution in [3.8, 4) is 0 Å². The number of aliphatic carboxylic acids is 1. The molecule has 0 radical (unpaired) electrons. The second kappa shape index (κ2) is 20.2. The zero-order valence-electron chi connectivity index (χ0n) is 19.9. The number of allylic oxidation sites excluding steroid dienone is 4. The molecule has 0 spiro atoms. The number of hydrogen-bond acceptors (Lipinski definition) is 2. The lowest BCUT2D eigenvalue weighted by Crippen LogP contribution is -2.37. The van der Waals surface area contributed by atoms with Crippen molar-refractivity contribution >= 4 is 5.97 Å². The molecule has 0 aromatic rings. The lowest BCUT2D eigenvalue weighted by atomic mass is 9.96. The molecule has 2 unspecified atom stereocenters. The number of carboxylic acid groups (broad SMARTS) is 1. The molecular weight excluding hydrogens is 358 g/mol. The van der Waals surface area contributed by atoms with Gasteiger partial charge in [0.05, 0.1) is 6.54 Å². The highest BCUT2D eigenvalue weighted by molar-refractivity contribution is 5.69. The average Bonchev–Trinajstić information content (AvgIpc) is 2.70. The first-order valence-electron chi connectivity index (χ1n) is 12.3. The van der Waals surface area contributed by atoms with E-state index in [4.69, 9.17) is 0 Å². The molecule has 0 fully saturated rings. The van der Waals surface area contributed by atoms with Gasteiger partial charge in [0.2, 0.25) is 0 Å². The van der Waals surface area contributed by atoms with Crippen LogP contribution >= 0.6 is 0 Å². The Morgan fingerprint density at radius 1 is 0.759 bits per heavy atom. The molecule has 0 saturated heterocycles. The summed E-state index contributed by atoms with van der Waals surface area (Å²) in [5.74, 6) is 0.460. The van der Waals surface area contributed by atoms with Crippen LogP contribution in [0.25, 0.3) is 0 Å². The Morgan fingerprint density at radius 2 is 1.17 bits per heavy atom. The zero-order chi connectivity index (χ0) is 21.7. The smallest absolute Gasteiger partial charge is 0.317 e. The molecule has 29 heavy (non-hydrogen) atoms. The number of hydrogen-bond donors (Lipinski definition) is 1. The molecule has 1 N–H and O–H groups in total. The molecule has 0 aliphatic heterocycles. The Bertz CT molecular complexity index is 398. The molecule has 0 heterocycles. The van der Waals surface area contributed by atoms with Gasteiger partial charge >= 0.3 is 5.97 Å². The fourth-order valence-electron chi connectivity index (χ4n) is 3.75. The molecule has 0 amide bonds. The van der Waals surface area contributed by atoms with Crippen LogP contribution in [0.5, 0.6) is 0 Å². The predicted molar refractivity (Wildman–Crippen MR) is 127 cm³/mol. The molecule has 0 aliphatic rings. The molecular formula is C26H49NO2. The first-order valence-corrected chi connectivity index (χ1v) is 12.3. The maximum Gasteiger partial charge on any atom is 0.317 e. The van der Waals surface area contributed by atoms with Gasteiger partial charge < -0.3 is 5.11 Å². The highest BCUT2D eigenvalue weighted by atomic mass is 16.4. The van der Waals surface area contributed by atoms with Crippen molar-refractivity contribution in [3.05, 3.63) is 24.3 Å². The Kier molecular flexibility index (Phi) is 19.4. The van der Waals surface area contributed by atoms with Gasteiger partial charge in [0.25, 0.3) is 0 Å². The van der Waals surface area contributed by atoms with Crippen LogP contribution in [0.2, 0.25) is 0 Å². The lowest BCUT2D eigenvalue weighted by molar-refractivity contribution is -0.138. The van der Waals surface area contributed by atoms with E-state index in [1.807, 2.05) is 0 Å². The van der Waals surface area contributed by atoms with Gasteiger partial charge in [-0.1, -0.05) is 90.5 Å². The molecule has 0 bridgehead atoms. The second-order valence-corrected chi connectivity index (χ2v) is 8.52. The van der Waals surface area contributed by atoms with E-state index in [-0.39, 0.29) is 6.54 Å². The van der Waals surface area contributed by atoms with Gasteiger partial charge in [-0.3, -0.25) is 9.69 Å². The monoisotopic (exact) mass is 407 g/mol. The maximum absolute atomic E-state index is 11.4. The van der Waals surface area contributed by atoms with Gasteiger partial charge in [0.15, 0.2) is 0 Å². The molecule has 0 saturated carbocycles. The molecule has 170 valence electrons. The van der Waals surface area contributed by atoms with Crippen molar-refractivity contribution in [1.29, 1.82) is 0 Å². The summed E-state index contributed by atoms with van der Waals surface area (Å²) in [7, 11) is 0. The van der Waals surface area contributed by atoms with Crippen molar-refractivity contribution < 1.29 is 9.90 Å². The highest BCUT2D eigenvalue weighted by Crippen LogP contribution is 2.18. The number of unbranched alkanes of at least 4 members (excludes halogenated alkanes) is 4. The van der Waals surface area contributed by atoms with E-state index in [2.05, 4.69) is 56.9 Å². The van der Waals surface area contributed by atoms with Crippen LogP contribution in [0.1, 0.15) is 105 Å². The largest absolute Gasteiger partial charge is 0.480 e. The number of carboxylic acids is 1. The van der Waals surface area contributed by atoms with Gasteiger partial charge in [-0.2, -0.15) is 0 Å². The van der Waals surface area contributed by atoms with E-state index in [1.54, 1.807) is 0 Å². The van der Waals surface area contributed by atoms with Crippen molar-refractivity contribution in [1.82, 2.24) is 4.90 Å². The lowest BCUT2D eigenvalue weighted by Gasteiger charge is -2.29. The molecule has 0 aliphatic carbocycles. The van der Waals surface area contributed by atoms with Crippen molar-refractivity contribution in [3.63, 3.8) is 0 Å². The maximum atomic E-state index is 11.4. The molecule has 2 atom stereocenters. The summed E-state index contributed by atoms with van der Waals surface area (Å²) in [5, 5.41) is 9.38. The van der Waals surface area contributed by atoms with E-state index in [0.29, 0.717) is 11.8 Å². The Hall–Kier alpha value is -1.09. The summed E-state index contributed by atoms with van der Waals surface area (Å²) in [6, 6.07) is 0. The van der Waals surface area contributed by atoms with E-state index in [0.717, 1.165) is 51.6 Å². The Morgan fingerprint density at radius 3 is 1.52 bits per heavy atom. The highest BCUT2D eigenvalue weighted by Gasteiger charge is 2.18. The van der Waals surface area contributed by atoms with E-state index in [9.17, 15) is 9.90 Å². The summed E-state index contributed by atoms with van der Waals surface area (Å²) < 4.78 is 0. The van der Waals surface area contributed by atoms with Crippen LogP contribution < -0.4 is 0 Å². The predicted octanol–water partition coefficient (Wildman–Crippen LogP) is 7.48. The van der Waals surface area contributed by atoms with Crippen molar-refractivity contribution in [2.24, 2.45) is 11.8 Å². The zero-order valence-corrected chi connectivity index (χ0v) is 19.9. The molecule has 3 heteroatoms. The first kappa shape index (κ1) is 27.9. The third kappa shape index (κ3) is 17.5. The fraction of sp³-hybridized carbons (Fsp3) is 0.808. The summed E-state index contributed by atoms with van der Waals surface area (Å²) in [5.41, 5.74) is 0. The van der Waals surface area contributed by atoms with Gasteiger partial charge in [-0.25, -0.2) is 0 Å². The van der Waals surface area contributed by atoms with E-state index in [1.165, 1.54) is 38.5 Å². The summed E-state index contributed by atoms with van der Waals surface area (Å²) in [6.07, 6.45) is 23.5. The average molecular weight is 408 g/mol. The van der Waals surface area contributed by atoms with Crippen LogP contribution in [0.3, 0.4) is 0 Å². The van der Waals surface area contributed by atoms with Crippen molar-refractivity contribution in [2.45, 2.75) is 105 Å². The molecule has 0 rings (SSSR count). The van der Waals surface area contributed by atoms with Gasteiger partial charge in [0.1, 0.15) is 0 Å². The summed E-state index contributed by atoms with van der Waals surface area (Å²) in [6.45, 7) is 10.9.